The number of hydrogen-bond acceptors (Lipinski definition) is 0. The van der Waals surface area contributed by atoms with Crippen molar-refractivity contribution in [3.8, 4) is 0 Å². The normalized spacial score (nSPS) is 21.5. The van der Waals surface area contributed by atoms with E-state index < -0.39 is 7.92 Å². The van der Waals surface area contributed by atoms with Crippen LogP contribution in [0.3, 0.4) is 0 Å². The van der Waals surface area contributed by atoms with Gasteiger partial charge in [-0.05, 0) is 118 Å². The Balaban J connectivity index is 0.000000515. The van der Waals surface area contributed by atoms with Crippen LogP contribution in [0.5, 0.6) is 0 Å². The number of hydrogen-bond donors (Lipinski definition) is 0. The number of halogens is 1. The first kappa shape index (κ1) is 36.3. The van der Waals surface area contributed by atoms with Crippen molar-refractivity contribution in [2.75, 3.05) is 0 Å². The summed E-state index contributed by atoms with van der Waals surface area (Å²) >= 11 is 6.50. The summed E-state index contributed by atoms with van der Waals surface area (Å²) in [5, 5.41) is 2.97. The Hall–Kier alpha value is 0.819. The van der Waals surface area contributed by atoms with Crippen molar-refractivity contribution < 1.29 is 31.3 Å². The molecule has 4 aliphatic carbocycles. The third-order valence-electron chi connectivity index (χ3n) is 8.54. The van der Waals surface area contributed by atoms with Gasteiger partial charge in [0.15, 0.2) is 0 Å². The fraction of sp³-hybridized carbons (Fsp3) is 0.389. The second-order valence-electron chi connectivity index (χ2n) is 11.0. The van der Waals surface area contributed by atoms with Crippen LogP contribution in [-0.4, -0.2) is 17.0 Å². The molecule has 1 atom stereocenters. The fourth-order valence-electron chi connectivity index (χ4n) is 6.73. The van der Waals surface area contributed by atoms with Crippen molar-refractivity contribution in [3.05, 3.63) is 124 Å². The van der Waals surface area contributed by atoms with Crippen molar-refractivity contribution >= 4 is 40.6 Å². The minimum absolute atomic E-state index is 0. The molecule has 6 rings (SSSR count). The maximum Gasteiger partial charge on any atom is 2.00 e. The monoisotopic (exact) mass is 736 g/mol. The number of benzene rings is 2. The van der Waals surface area contributed by atoms with Gasteiger partial charge in [0.1, 0.15) is 0 Å². The van der Waals surface area contributed by atoms with Gasteiger partial charge < -0.3 is 0 Å². The summed E-state index contributed by atoms with van der Waals surface area (Å²) in [6, 6.07) is 22.6. The molecule has 5 heteroatoms. The molecular weight excluding hydrogens is 694 g/mol. The molecule has 0 saturated heterocycles. The van der Waals surface area contributed by atoms with Crippen molar-refractivity contribution in [1.29, 1.82) is 0 Å². The van der Waals surface area contributed by atoms with Crippen molar-refractivity contribution in [1.82, 2.24) is 0 Å². The minimum atomic E-state index is -0.511. The van der Waals surface area contributed by atoms with E-state index in [4.69, 9.17) is 0 Å². The third-order valence-corrected chi connectivity index (χ3v) is 15.0. The van der Waals surface area contributed by atoms with Crippen molar-refractivity contribution in [3.63, 3.8) is 0 Å². The Bertz CT molecular complexity index is 851. The first-order valence-corrected chi connectivity index (χ1v) is 20.3. The molecule has 222 valence electrons. The molecule has 4 fully saturated rings. The molecule has 0 spiro atoms. The summed E-state index contributed by atoms with van der Waals surface area (Å²) in [6.07, 6.45) is 32.1. The first-order valence-electron chi connectivity index (χ1n) is 15.0. The predicted octanol–water partition coefficient (Wildman–Crippen LogP) is 10.3. The average Bonchev–Trinajstić information content (AvgIpc) is 3.77. The van der Waals surface area contributed by atoms with Crippen LogP contribution in [0, 0.1) is 62.9 Å². The summed E-state index contributed by atoms with van der Waals surface area (Å²) in [7, 11) is -0.489. The molecule has 0 bridgehead atoms. The van der Waals surface area contributed by atoms with Gasteiger partial charge in [-0.3, -0.25) is 0 Å². The van der Waals surface area contributed by atoms with Gasteiger partial charge in [-0.1, -0.05) is 114 Å². The molecule has 4 aliphatic rings. The average molecular weight is 738 g/mol. The zero-order valence-electron chi connectivity index (χ0n) is 24.1. The topological polar surface area (TPSA) is 0 Å². The molecule has 2 aromatic rings. The van der Waals surface area contributed by atoms with Crippen LogP contribution in [0.1, 0.15) is 71.1 Å². The van der Waals surface area contributed by atoms with E-state index in [-0.39, 0.29) is 25.0 Å². The van der Waals surface area contributed by atoms with Gasteiger partial charge >= 0.3 is 45.4 Å². The van der Waals surface area contributed by atoms with Crippen molar-refractivity contribution in [2.45, 2.75) is 88.1 Å². The Morgan fingerprint density at radius 1 is 0.610 bits per heavy atom. The molecule has 0 unspecified atom stereocenters. The van der Waals surface area contributed by atoms with Gasteiger partial charge in [-0.25, -0.2) is 0 Å². The summed E-state index contributed by atoms with van der Waals surface area (Å²) in [6.45, 7) is 2.62. The Morgan fingerprint density at radius 3 is 1.44 bits per heavy atom. The zero-order chi connectivity index (χ0) is 28.0. The minimum Gasteiger partial charge on any atom is 2.00 e. The molecule has 10 radical (unpaired) electrons. The SMILES string of the molecule is C[C@H]([C]1[CH][CH][CH][C]1P(c1ccccc1)c1ccccc1)P(C1CCCCC1)C1CCCCC1.[CH]1[CH][CH][CH][CH]1.[Cu][Br].[Fe+2]. The smallest absolute Gasteiger partial charge is 2.00 e. The van der Waals surface area contributed by atoms with Gasteiger partial charge in [0.25, 0.3) is 0 Å². The summed E-state index contributed by atoms with van der Waals surface area (Å²) in [4.78, 5) is 0. The maximum atomic E-state index is 4.00. The van der Waals surface area contributed by atoms with Crippen LogP contribution >= 0.6 is 30.0 Å². The van der Waals surface area contributed by atoms with Crippen LogP contribution in [0.4, 0.5) is 0 Å². The molecule has 0 amide bonds. The van der Waals surface area contributed by atoms with Crippen LogP contribution in [-0.2, 0) is 31.3 Å². The molecule has 41 heavy (non-hydrogen) atoms. The zero-order valence-corrected chi connectivity index (χ0v) is 29.5. The van der Waals surface area contributed by atoms with E-state index in [9.17, 15) is 0 Å². The largest absolute Gasteiger partial charge is 2.00 e. The molecule has 0 heterocycles. The summed E-state index contributed by atoms with van der Waals surface area (Å²) in [5.74, 6) is 1.68. The second-order valence-corrected chi connectivity index (χ2v) is 16.4. The summed E-state index contributed by atoms with van der Waals surface area (Å²) in [5.41, 5.74) is 4.33. The van der Waals surface area contributed by atoms with Crippen LogP contribution in [0.15, 0.2) is 60.7 Å². The predicted molar refractivity (Wildman–Crippen MR) is 179 cm³/mol. The van der Waals surface area contributed by atoms with E-state index in [1.54, 1.807) is 11.6 Å². The molecule has 0 aromatic heterocycles. The van der Waals surface area contributed by atoms with Gasteiger partial charge in [0.05, 0.1) is 0 Å². The van der Waals surface area contributed by atoms with Crippen LogP contribution in [0.2, 0.25) is 0 Å². The van der Waals surface area contributed by atoms with Gasteiger partial charge in [-0.15, -0.1) is 0 Å². The quantitative estimate of drug-likeness (QED) is 0.196. The first-order chi connectivity index (χ1) is 19.8. The van der Waals surface area contributed by atoms with Gasteiger partial charge in [-0.2, -0.15) is 0 Å². The van der Waals surface area contributed by atoms with Gasteiger partial charge in [0, 0.05) is 5.66 Å². The maximum absolute atomic E-state index is 4.00. The Labute approximate surface area is 281 Å². The van der Waals surface area contributed by atoms with E-state index in [0.29, 0.717) is 5.66 Å². The Kier molecular flexibility index (Phi) is 18.4. The molecule has 4 saturated carbocycles. The van der Waals surface area contributed by atoms with E-state index >= 15 is 0 Å². The van der Waals surface area contributed by atoms with Crippen molar-refractivity contribution in [2.24, 2.45) is 0 Å². The van der Waals surface area contributed by atoms with E-state index in [2.05, 4.69) is 115 Å². The van der Waals surface area contributed by atoms with Crippen LogP contribution < -0.4 is 10.6 Å². The van der Waals surface area contributed by atoms with E-state index in [1.807, 2.05) is 32.1 Å². The number of rotatable bonds is 7. The molecule has 0 nitrogen and oxygen atoms in total. The Morgan fingerprint density at radius 2 is 1.02 bits per heavy atom. The fourth-order valence-corrected chi connectivity index (χ4v) is 13.7. The molecule has 2 aromatic carbocycles. The molecule has 0 aliphatic heterocycles. The van der Waals surface area contributed by atoms with Gasteiger partial charge in [0.2, 0.25) is 0 Å². The van der Waals surface area contributed by atoms with E-state index in [1.165, 1.54) is 74.8 Å². The second kappa shape index (κ2) is 20.8. The standard InChI is InChI=1S/C31H39P2.C5H5.BrH.Cu.Fe/c1-25(32(26-15-6-2-7-16-26)27-17-8-3-9-18-27)30-23-14-24-31(30)33(28-19-10-4-11-20-28)29-21-12-5-13-22-29;1-2-4-5-3-1;;;/h4-5,10-14,19-27H,2-3,6-9,15-18H2,1H3;1-5H;1H;;/q;;;+1;+2/p-1/t25-;;;;/m1..../s1. The molecule has 0 N–H and O–H groups in total. The third kappa shape index (κ3) is 10.7. The van der Waals surface area contributed by atoms with Crippen LogP contribution in [0.25, 0.3) is 0 Å². The van der Waals surface area contributed by atoms with E-state index in [0.717, 1.165) is 11.3 Å². The molecular formula is C36H44BrCuFeP2+2. The summed E-state index contributed by atoms with van der Waals surface area (Å²) < 4.78 is 0.